The Morgan fingerprint density at radius 1 is 0.561 bits per heavy atom. The monoisotopic (exact) mass is 560 g/mol. The molecule has 0 bridgehead atoms. The molecule has 0 heterocycles. The van der Waals surface area contributed by atoms with Gasteiger partial charge in [0.25, 0.3) is 0 Å². The Kier molecular flexibility index (Phi) is 9.12. The summed E-state index contributed by atoms with van der Waals surface area (Å²) in [5, 5.41) is 0. The molecule has 0 aliphatic heterocycles. The number of hydrogen-bond donors (Lipinski definition) is 0. The molecule has 0 atom stereocenters. The number of halogens is 4. The maximum atomic E-state index is 14.2. The molecule has 6 rings (SSSR count). The molecule has 2 aliphatic carbocycles. The summed E-state index contributed by atoms with van der Waals surface area (Å²) in [6, 6.07) is 22.0. The summed E-state index contributed by atoms with van der Waals surface area (Å²) >= 11 is 0. The first-order chi connectivity index (χ1) is 19.9. The predicted octanol–water partition coefficient (Wildman–Crippen LogP) is 10.9. The zero-order valence-corrected chi connectivity index (χ0v) is 23.7. The first kappa shape index (κ1) is 28.9. The minimum Gasteiger partial charge on any atom is -0.491 e. The highest BCUT2D eigenvalue weighted by atomic mass is 19.2. The van der Waals surface area contributed by atoms with Crippen LogP contribution in [0.25, 0.3) is 22.3 Å². The average Bonchev–Trinajstić information content (AvgIpc) is 3.50. The van der Waals surface area contributed by atoms with Gasteiger partial charge in [0.2, 0.25) is 5.82 Å². The average molecular weight is 561 g/mol. The van der Waals surface area contributed by atoms with Crippen LogP contribution >= 0.6 is 0 Å². The lowest BCUT2D eigenvalue weighted by Gasteiger charge is -2.25. The summed E-state index contributed by atoms with van der Waals surface area (Å²) in [7, 11) is 0. The fourth-order valence-corrected chi connectivity index (χ4v) is 5.76. The third-order valence-electron chi connectivity index (χ3n) is 8.47. The van der Waals surface area contributed by atoms with Gasteiger partial charge in [-0.3, -0.25) is 0 Å². The Morgan fingerprint density at radius 3 is 1.49 bits per heavy atom. The summed E-state index contributed by atoms with van der Waals surface area (Å²) in [5.74, 6) is -2.02. The molecular weight excluding hydrogens is 524 g/mol. The van der Waals surface area contributed by atoms with E-state index in [0.717, 1.165) is 5.56 Å². The Bertz CT molecular complexity index is 1470. The van der Waals surface area contributed by atoms with Crippen LogP contribution in [-0.4, -0.2) is 6.61 Å². The lowest BCUT2D eigenvalue weighted by molar-refractivity contribution is 0.314. The molecule has 0 N–H and O–H groups in total. The molecule has 41 heavy (non-hydrogen) atoms. The Labute approximate surface area is 240 Å². The second kappa shape index (κ2) is 12.9. The van der Waals surface area contributed by atoms with Crippen molar-refractivity contribution in [2.75, 3.05) is 6.61 Å². The standard InChI is InChI=1S/C19H20F2O.C17H16F2/c1-2-22-17-12-11-16(18(20)19(17)21)15-9-7-14(8-10-15)13-5-3-4-6-13;1-11-5-10-15(17(19)16(11)18)14-8-6-13(7-9-14)12-3-2-4-12/h7-13H,2-6H2,1H3;5-10,12H,2-4H2,1H3. The van der Waals surface area contributed by atoms with Crippen molar-refractivity contribution >= 4 is 0 Å². The zero-order chi connectivity index (χ0) is 28.9. The molecule has 5 heteroatoms. The van der Waals surface area contributed by atoms with Crippen LogP contribution in [-0.2, 0) is 0 Å². The third-order valence-corrected chi connectivity index (χ3v) is 8.47. The topological polar surface area (TPSA) is 9.23 Å². The van der Waals surface area contributed by atoms with Crippen molar-refractivity contribution in [3.63, 3.8) is 0 Å². The maximum Gasteiger partial charge on any atom is 0.201 e. The van der Waals surface area contributed by atoms with E-state index >= 15 is 0 Å². The van der Waals surface area contributed by atoms with Crippen LogP contribution in [0.15, 0.2) is 72.8 Å². The van der Waals surface area contributed by atoms with Crippen molar-refractivity contribution in [1.82, 2.24) is 0 Å². The summed E-state index contributed by atoms with van der Waals surface area (Å²) in [5.41, 5.74) is 4.99. The number of ether oxygens (including phenoxy) is 1. The van der Waals surface area contributed by atoms with Gasteiger partial charge in [-0.2, -0.15) is 4.39 Å². The summed E-state index contributed by atoms with van der Waals surface area (Å²) in [6.45, 7) is 3.63. The minimum absolute atomic E-state index is 0.0358. The molecule has 0 amide bonds. The summed E-state index contributed by atoms with van der Waals surface area (Å²) in [4.78, 5) is 0. The number of hydrogen-bond acceptors (Lipinski definition) is 1. The Morgan fingerprint density at radius 2 is 1.02 bits per heavy atom. The molecule has 0 unspecified atom stereocenters. The van der Waals surface area contributed by atoms with Crippen LogP contribution < -0.4 is 4.74 Å². The van der Waals surface area contributed by atoms with Crippen LogP contribution in [0.5, 0.6) is 5.75 Å². The van der Waals surface area contributed by atoms with Crippen LogP contribution in [0.4, 0.5) is 17.6 Å². The van der Waals surface area contributed by atoms with E-state index in [1.165, 1.54) is 62.1 Å². The van der Waals surface area contributed by atoms with E-state index in [9.17, 15) is 17.6 Å². The van der Waals surface area contributed by atoms with Crippen molar-refractivity contribution in [3.8, 4) is 28.0 Å². The zero-order valence-electron chi connectivity index (χ0n) is 23.7. The van der Waals surface area contributed by atoms with Crippen LogP contribution in [0.1, 0.15) is 80.4 Å². The first-order valence-electron chi connectivity index (χ1n) is 14.6. The highest BCUT2D eigenvalue weighted by molar-refractivity contribution is 5.66. The van der Waals surface area contributed by atoms with Gasteiger partial charge in [0.1, 0.15) is 0 Å². The van der Waals surface area contributed by atoms with E-state index in [1.807, 2.05) is 48.5 Å². The lowest BCUT2D eigenvalue weighted by atomic mass is 9.80. The highest BCUT2D eigenvalue weighted by Crippen LogP contribution is 2.38. The van der Waals surface area contributed by atoms with Crippen molar-refractivity contribution in [1.29, 1.82) is 0 Å². The SMILES string of the molecule is CCOc1ccc(-c2ccc(C3CCCC3)cc2)c(F)c1F.Cc1ccc(-c2ccc(C3CCC3)cc2)c(F)c1F. The molecule has 0 aromatic heterocycles. The van der Waals surface area contributed by atoms with Gasteiger partial charge in [-0.1, -0.05) is 79.9 Å². The van der Waals surface area contributed by atoms with Gasteiger partial charge in [0, 0.05) is 11.1 Å². The Balaban J connectivity index is 0.000000166. The van der Waals surface area contributed by atoms with E-state index in [4.69, 9.17) is 4.74 Å². The van der Waals surface area contributed by atoms with E-state index in [-0.39, 0.29) is 11.3 Å². The molecule has 0 radical (unpaired) electrons. The van der Waals surface area contributed by atoms with Crippen molar-refractivity contribution in [2.45, 2.75) is 70.6 Å². The molecule has 0 spiro atoms. The maximum absolute atomic E-state index is 14.2. The minimum atomic E-state index is -0.917. The number of rotatable bonds is 6. The van der Waals surface area contributed by atoms with Gasteiger partial charge < -0.3 is 4.74 Å². The van der Waals surface area contributed by atoms with Crippen LogP contribution in [0.3, 0.4) is 0 Å². The smallest absolute Gasteiger partial charge is 0.201 e. The van der Waals surface area contributed by atoms with E-state index < -0.39 is 23.3 Å². The molecule has 4 aromatic rings. The third kappa shape index (κ3) is 6.34. The number of benzene rings is 4. The van der Waals surface area contributed by atoms with Gasteiger partial charge >= 0.3 is 0 Å². The fraction of sp³-hybridized carbons (Fsp3) is 0.333. The largest absolute Gasteiger partial charge is 0.491 e. The van der Waals surface area contributed by atoms with Gasteiger partial charge in [0.05, 0.1) is 6.61 Å². The van der Waals surface area contributed by atoms with Gasteiger partial charge in [-0.05, 0) is 91.3 Å². The molecule has 214 valence electrons. The lowest BCUT2D eigenvalue weighted by Crippen LogP contribution is -2.08. The predicted molar refractivity (Wildman–Crippen MR) is 157 cm³/mol. The summed E-state index contributed by atoms with van der Waals surface area (Å²) < 4.78 is 60.7. The molecule has 1 nitrogen and oxygen atoms in total. The Hall–Kier alpha value is -3.60. The van der Waals surface area contributed by atoms with Crippen molar-refractivity contribution in [3.05, 3.63) is 113 Å². The second-order valence-electron chi connectivity index (χ2n) is 11.1. The van der Waals surface area contributed by atoms with Crippen LogP contribution in [0, 0.1) is 30.2 Å². The van der Waals surface area contributed by atoms with E-state index in [0.29, 0.717) is 35.1 Å². The first-order valence-corrected chi connectivity index (χ1v) is 14.6. The van der Waals surface area contributed by atoms with E-state index in [2.05, 4.69) is 0 Å². The number of aryl methyl sites for hydroxylation is 1. The second-order valence-corrected chi connectivity index (χ2v) is 11.1. The van der Waals surface area contributed by atoms with Crippen molar-refractivity contribution in [2.24, 2.45) is 0 Å². The molecule has 2 aliphatic rings. The molecular formula is C36H36F4O. The van der Waals surface area contributed by atoms with Crippen molar-refractivity contribution < 1.29 is 22.3 Å². The van der Waals surface area contributed by atoms with E-state index in [1.54, 1.807) is 32.0 Å². The van der Waals surface area contributed by atoms with Gasteiger partial charge in [-0.25, -0.2) is 13.2 Å². The fourth-order valence-electron chi connectivity index (χ4n) is 5.76. The molecule has 2 fully saturated rings. The van der Waals surface area contributed by atoms with Crippen LogP contribution in [0.2, 0.25) is 0 Å². The normalized spacial score (nSPS) is 15.3. The summed E-state index contributed by atoms with van der Waals surface area (Å²) in [6.07, 6.45) is 8.80. The highest BCUT2D eigenvalue weighted by Gasteiger charge is 2.20. The molecule has 0 saturated heterocycles. The van der Waals surface area contributed by atoms with Gasteiger partial charge in [0.15, 0.2) is 23.2 Å². The molecule has 2 saturated carbocycles. The molecule has 4 aromatic carbocycles. The quantitative estimate of drug-likeness (QED) is 0.213. The van der Waals surface area contributed by atoms with Gasteiger partial charge in [-0.15, -0.1) is 0 Å².